The summed E-state index contributed by atoms with van der Waals surface area (Å²) in [5.74, 6) is 1.32. The number of halogens is 1. The van der Waals surface area contributed by atoms with E-state index < -0.39 is 0 Å². The summed E-state index contributed by atoms with van der Waals surface area (Å²) in [4.78, 5) is 14.3. The summed E-state index contributed by atoms with van der Waals surface area (Å²) < 4.78 is 16.4. The number of nitrogens with one attached hydrogen (secondary N) is 1. The number of benzene rings is 2. The lowest BCUT2D eigenvalue weighted by Crippen LogP contribution is -2.44. The second kappa shape index (κ2) is 6.82. The van der Waals surface area contributed by atoms with Crippen molar-refractivity contribution < 1.29 is 19.0 Å². The highest BCUT2D eigenvalue weighted by Gasteiger charge is 2.26. The van der Waals surface area contributed by atoms with Crippen molar-refractivity contribution in [3.05, 3.63) is 53.1 Å². The minimum absolute atomic E-state index is 0.159. The van der Waals surface area contributed by atoms with E-state index in [1.54, 1.807) is 23.1 Å². The normalized spacial score (nSPS) is 18.9. The number of fused-ring (bicyclic) bond motifs is 1. The highest BCUT2D eigenvalue weighted by atomic mass is 35.5. The van der Waals surface area contributed by atoms with Crippen LogP contribution in [-0.2, 0) is 4.74 Å². The van der Waals surface area contributed by atoms with Crippen LogP contribution >= 0.6 is 11.6 Å². The summed E-state index contributed by atoms with van der Waals surface area (Å²) in [6.07, 6.45) is -0.159. The van der Waals surface area contributed by atoms with Crippen LogP contribution in [0.2, 0.25) is 5.02 Å². The van der Waals surface area contributed by atoms with E-state index in [1.165, 1.54) is 0 Å². The maximum absolute atomic E-state index is 12.6. The van der Waals surface area contributed by atoms with Gasteiger partial charge in [-0.2, -0.15) is 0 Å². The first-order valence-electron chi connectivity index (χ1n) is 8.02. The molecule has 0 spiro atoms. The van der Waals surface area contributed by atoms with Gasteiger partial charge in [0.15, 0.2) is 11.5 Å². The molecule has 0 aliphatic carbocycles. The number of rotatable bonds is 2. The van der Waals surface area contributed by atoms with Gasteiger partial charge in [-0.3, -0.25) is 0 Å². The lowest BCUT2D eigenvalue weighted by Gasteiger charge is -2.33. The van der Waals surface area contributed by atoms with Crippen molar-refractivity contribution in [2.24, 2.45) is 0 Å². The number of carbonyl (C=O) groups excluding carboxylic acids is 1. The lowest BCUT2D eigenvalue weighted by atomic mass is 10.1. The molecule has 2 heterocycles. The number of anilines is 1. The van der Waals surface area contributed by atoms with Gasteiger partial charge in [0.2, 0.25) is 6.79 Å². The predicted molar refractivity (Wildman–Crippen MR) is 93.3 cm³/mol. The molecule has 1 unspecified atom stereocenters. The SMILES string of the molecule is O=C(Nc1ccc2c(c1)OCO2)N1CCOC(c2ccc(Cl)cc2)C1. The maximum Gasteiger partial charge on any atom is 0.322 e. The fourth-order valence-electron chi connectivity index (χ4n) is 2.89. The van der Waals surface area contributed by atoms with Gasteiger partial charge in [0.05, 0.1) is 13.2 Å². The van der Waals surface area contributed by atoms with Crippen molar-refractivity contribution in [1.29, 1.82) is 0 Å². The summed E-state index contributed by atoms with van der Waals surface area (Å²) in [6, 6.07) is 12.7. The Morgan fingerprint density at radius 1 is 1.12 bits per heavy atom. The van der Waals surface area contributed by atoms with Gasteiger partial charge in [0, 0.05) is 23.3 Å². The summed E-state index contributed by atoms with van der Waals surface area (Å²) in [6.45, 7) is 1.72. The molecular formula is C18H17ClN2O4. The number of ether oxygens (including phenoxy) is 3. The maximum atomic E-state index is 12.6. The zero-order valence-electron chi connectivity index (χ0n) is 13.4. The van der Waals surface area contributed by atoms with Crippen LogP contribution in [0, 0.1) is 0 Å². The standard InChI is InChI=1S/C18H17ClN2O4/c19-13-3-1-12(2-4-13)17-10-21(7-8-23-17)18(22)20-14-5-6-15-16(9-14)25-11-24-15/h1-6,9,17H,7-8,10-11H2,(H,20,22). The number of nitrogens with zero attached hydrogens (tertiary/aromatic N) is 1. The second-order valence-electron chi connectivity index (χ2n) is 5.86. The Labute approximate surface area is 150 Å². The molecule has 0 bridgehead atoms. The van der Waals surface area contributed by atoms with Gasteiger partial charge in [-0.1, -0.05) is 23.7 Å². The molecule has 2 aliphatic heterocycles. The zero-order valence-corrected chi connectivity index (χ0v) is 14.2. The molecule has 2 aromatic carbocycles. The molecule has 2 aromatic rings. The molecule has 2 aliphatic rings. The molecule has 1 N–H and O–H groups in total. The van der Waals surface area contributed by atoms with E-state index in [9.17, 15) is 4.79 Å². The van der Waals surface area contributed by atoms with Crippen molar-refractivity contribution in [2.45, 2.75) is 6.10 Å². The Kier molecular flexibility index (Phi) is 4.38. The Morgan fingerprint density at radius 2 is 1.92 bits per heavy atom. The van der Waals surface area contributed by atoms with Crippen molar-refractivity contribution in [3.8, 4) is 11.5 Å². The number of carbonyl (C=O) groups is 1. The highest BCUT2D eigenvalue weighted by molar-refractivity contribution is 6.30. The molecule has 1 fully saturated rings. The third kappa shape index (κ3) is 3.50. The van der Waals surface area contributed by atoms with Crippen LogP contribution in [0.5, 0.6) is 11.5 Å². The predicted octanol–water partition coefficient (Wildman–Crippen LogP) is 3.67. The van der Waals surface area contributed by atoms with Gasteiger partial charge >= 0.3 is 6.03 Å². The van der Waals surface area contributed by atoms with E-state index in [2.05, 4.69) is 5.32 Å². The molecule has 2 amide bonds. The van der Waals surface area contributed by atoms with Gasteiger partial charge in [-0.05, 0) is 29.8 Å². The molecule has 4 rings (SSSR count). The molecule has 6 nitrogen and oxygen atoms in total. The van der Waals surface area contributed by atoms with Crippen LogP contribution in [0.3, 0.4) is 0 Å². The van der Waals surface area contributed by atoms with E-state index >= 15 is 0 Å². The van der Waals surface area contributed by atoms with Gasteiger partial charge < -0.3 is 24.4 Å². The minimum Gasteiger partial charge on any atom is -0.454 e. The largest absolute Gasteiger partial charge is 0.454 e. The zero-order chi connectivity index (χ0) is 17.2. The molecule has 7 heteroatoms. The minimum atomic E-state index is -0.166. The van der Waals surface area contributed by atoms with Crippen molar-refractivity contribution in [1.82, 2.24) is 4.90 Å². The fraction of sp³-hybridized carbons (Fsp3) is 0.278. The number of urea groups is 1. The molecule has 25 heavy (non-hydrogen) atoms. The first kappa shape index (κ1) is 16.1. The van der Waals surface area contributed by atoms with Crippen LogP contribution in [0.25, 0.3) is 0 Å². The Bertz CT molecular complexity index is 781. The van der Waals surface area contributed by atoms with Crippen LogP contribution in [0.4, 0.5) is 10.5 Å². The third-order valence-electron chi connectivity index (χ3n) is 4.22. The molecule has 130 valence electrons. The molecule has 1 atom stereocenters. The van der Waals surface area contributed by atoms with Crippen molar-refractivity contribution in [2.75, 3.05) is 31.8 Å². The molecule has 0 saturated carbocycles. The first-order chi connectivity index (χ1) is 12.2. The van der Waals surface area contributed by atoms with Crippen LogP contribution in [0.1, 0.15) is 11.7 Å². The van der Waals surface area contributed by atoms with E-state index in [1.807, 2.05) is 24.3 Å². The smallest absolute Gasteiger partial charge is 0.322 e. The molecule has 1 saturated heterocycles. The van der Waals surface area contributed by atoms with Crippen LogP contribution < -0.4 is 14.8 Å². The molecular weight excluding hydrogens is 344 g/mol. The average molecular weight is 361 g/mol. The highest BCUT2D eigenvalue weighted by Crippen LogP contribution is 2.34. The Morgan fingerprint density at radius 3 is 2.76 bits per heavy atom. The number of morpholine rings is 1. The fourth-order valence-corrected chi connectivity index (χ4v) is 3.02. The van der Waals surface area contributed by atoms with Crippen LogP contribution in [-0.4, -0.2) is 37.4 Å². The molecule has 0 radical (unpaired) electrons. The van der Waals surface area contributed by atoms with E-state index in [4.69, 9.17) is 25.8 Å². The van der Waals surface area contributed by atoms with Gasteiger partial charge in [-0.15, -0.1) is 0 Å². The summed E-state index contributed by atoms with van der Waals surface area (Å²) in [7, 11) is 0. The summed E-state index contributed by atoms with van der Waals surface area (Å²) in [5, 5.41) is 3.57. The second-order valence-corrected chi connectivity index (χ2v) is 6.29. The first-order valence-corrected chi connectivity index (χ1v) is 8.39. The van der Waals surface area contributed by atoms with Crippen molar-refractivity contribution >= 4 is 23.3 Å². The van der Waals surface area contributed by atoms with Gasteiger partial charge in [-0.25, -0.2) is 4.79 Å². The Balaban J connectivity index is 1.42. The van der Waals surface area contributed by atoms with Gasteiger partial charge in [0.25, 0.3) is 0 Å². The van der Waals surface area contributed by atoms with Crippen LogP contribution in [0.15, 0.2) is 42.5 Å². The van der Waals surface area contributed by atoms with E-state index in [0.29, 0.717) is 41.9 Å². The average Bonchev–Trinajstić information content (AvgIpc) is 3.10. The third-order valence-corrected chi connectivity index (χ3v) is 4.47. The monoisotopic (exact) mass is 360 g/mol. The summed E-state index contributed by atoms with van der Waals surface area (Å²) in [5.41, 5.74) is 1.67. The van der Waals surface area contributed by atoms with E-state index in [0.717, 1.165) is 5.56 Å². The molecule has 0 aromatic heterocycles. The number of hydrogen-bond donors (Lipinski definition) is 1. The summed E-state index contributed by atoms with van der Waals surface area (Å²) >= 11 is 5.93. The quantitative estimate of drug-likeness (QED) is 0.887. The van der Waals surface area contributed by atoms with Crippen molar-refractivity contribution in [3.63, 3.8) is 0 Å². The van der Waals surface area contributed by atoms with Gasteiger partial charge in [0.1, 0.15) is 6.10 Å². The topological polar surface area (TPSA) is 60.0 Å². The Hall–Kier alpha value is -2.44. The number of hydrogen-bond acceptors (Lipinski definition) is 4. The number of amides is 2. The van der Waals surface area contributed by atoms with E-state index in [-0.39, 0.29) is 18.9 Å². The lowest BCUT2D eigenvalue weighted by molar-refractivity contribution is -0.0135.